The fraction of sp³-hybridized carbons (Fsp3) is 0.167. The molecule has 2 rings (SSSR count). The number of rotatable bonds is 4. The molecule has 0 spiro atoms. The second-order valence-electron chi connectivity index (χ2n) is 3.69. The number of nitrogens with two attached hydrogens (primary N) is 1. The number of hydrogen-bond donors (Lipinski definition) is 2. The van der Waals surface area contributed by atoms with Gasteiger partial charge in [-0.3, -0.25) is 0 Å². The summed E-state index contributed by atoms with van der Waals surface area (Å²) in [6.07, 6.45) is 0. The van der Waals surface area contributed by atoms with Gasteiger partial charge in [-0.05, 0) is 45.8 Å². The summed E-state index contributed by atoms with van der Waals surface area (Å²) in [6, 6.07) is 7.99. The molecule has 0 radical (unpaired) electrons. The van der Waals surface area contributed by atoms with Gasteiger partial charge in [0.25, 0.3) is 0 Å². The molecule has 0 bridgehead atoms. The van der Waals surface area contributed by atoms with Crippen LogP contribution in [0.2, 0.25) is 0 Å². The molecule has 0 aliphatic carbocycles. The number of thiophene rings is 1. The molecule has 1 aromatic carbocycles. The molecule has 0 saturated carbocycles. The van der Waals surface area contributed by atoms with E-state index in [2.05, 4.69) is 48.6 Å². The maximum atomic E-state index is 5.76. The van der Waals surface area contributed by atoms with Crippen molar-refractivity contribution in [2.45, 2.75) is 13.1 Å². The van der Waals surface area contributed by atoms with Crippen molar-refractivity contribution in [3.8, 4) is 0 Å². The summed E-state index contributed by atoms with van der Waals surface area (Å²) in [6.45, 7) is 1.68. The predicted molar refractivity (Wildman–Crippen MR) is 81.1 cm³/mol. The smallest absolute Gasteiger partial charge is 0.0318 e. The minimum atomic E-state index is 0.795. The van der Waals surface area contributed by atoms with E-state index in [4.69, 9.17) is 5.73 Å². The van der Waals surface area contributed by atoms with Gasteiger partial charge in [0.15, 0.2) is 0 Å². The van der Waals surface area contributed by atoms with Crippen molar-refractivity contribution < 1.29 is 0 Å². The molecule has 0 aliphatic rings. The van der Waals surface area contributed by atoms with Crippen molar-refractivity contribution in [2.75, 3.05) is 5.73 Å². The Bertz CT molecular complexity index is 511. The van der Waals surface area contributed by atoms with E-state index in [0.29, 0.717) is 0 Å². The van der Waals surface area contributed by atoms with Gasteiger partial charge in [0.05, 0.1) is 0 Å². The van der Waals surface area contributed by atoms with Crippen LogP contribution < -0.4 is 11.1 Å². The van der Waals surface area contributed by atoms with Crippen LogP contribution in [-0.2, 0) is 13.1 Å². The highest BCUT2D eigenvalue weighted by Crippen LogP contribution is 2.21. The Labute approximate surface area is 121 Å². The molecule has 2 aromatic rings. The van der Waals surface area contributed by atoms with E-state index in [1.165, 1.54) is 10.4 Å². The monoisotopic (exact) mass is 374 g/mol. The third-order valence-corrected chi connectivity index (χ3v) is 4.78. The van der Waals surface area contributed by atoms with Gasteiger partial charge >= 0.3 is 0 Å². The fourth-order valence-corrected chi connectivity index (χ4v) is 3.30. The van der Waals surface area contributed by atoms with Crippen molar-refractivity contribution in [3.63, 3.8) is 0 Å². The molecular weight excluding hydrogens is 364 g/mol. The van der Waals surface area contributed by atoms with Crippen LogP contribution in [0.5, 0.6) is 0 Å². The molecule has 17 heavy (non-hydrogen) atoms. The summed E-state index contributed by atoms with van der Waals surface area (Å²) in [5.74, 6) is 0. The van der Waals surface area contributed by atoms with Crippen molar-refractivity contribution in [3.05, 3.63) is 49.0 Å². The van der Waals surface area contributed by atoms with Crippen molar-refractivity contribution in [1.82, 2.24) is 5.32 Å². The second kappa shape index (κ2) is 6.00. The summed E-state index contributed by atoms with van der Waals surface area (Å²) in [4.78, 5) is 1.32. The Kier molecular flexibility index (Phi) is 4.62. The number of anilines is 1. The summed E-state index contributed by atoms with van der Waals surface area (Å²) < 4.78 is 2.23. The molecule has 0 saturated heterocycles. The largest absolute Gasteiger partial charge is 0.399 e. The summed E-state index contributed by atoms with van der Waals surface area (Å²) in [7, 11) is 0. The lowest BCUT2D eigenvalue weighted by molar-refractivity contribution is 0.699. The molecule has 1 aromatic heterocycles. The normalized spacial score (nSPS) is 10.7. The molecule has 1 heterocycles. The molecule has 90 valence electrons. The molecule has 2 nitrogen and oxygen atoms in total. The fourth-order valence-electron chi connectivity index (χ4n) is 1.50. The molecule has 0 atom stereocenters. The van der Waals surface area contributed by atoms with Gasteiger partial charge in [-0.2, -0.15) is 0 Å². The average molecular weight is 376 g/mol. The van der Waals surface area contributed by atoms with Gasteiger partial charge in [0, 0.05) is 38.0 Å². The summed E-state index contributed by atoms with van der Waals surface area (Å²) in [5.41, 5.74) is 7.74. The first kappa shape index (κ1) is 13.1. The minimum Gasteiger partial charge on any atom is -0.399 e. The lowest BCUT2D eigenvalue weighted by Crippen LogP contribution is -2.12. The third kappa shape index (κ3) is 3.81. The van der Waals surface area contributed by atoms with Crippen molar-refractivity contribution in [1.29, 1.82) is 0 Å². The lowest BCUT2D eigenvalue weighted by Gasteiger charge is -2.06. The number of hydrogen-bond acceptors (Lipinski definition) is 3. The van der Waals surface area contributed by atoms with Crippen LogP contribution >= 0.6 is 43.2 Å². The van der Waals surface area contributed by atoms with E-state index in [-0.39, 0.29) is 0 Å². The Balaban J connectivity index is 1.91. The molecule has 0 aliphatic heterocycles. The maximum absolute atomic E-state index is 5.76. The van der Waals surface area contributed by atoms with E-state index < -0.39 is 0 Å². The van der Waals surface area contributed by atoms with Crippen molar-refractivity contribution in [2.24, 2.45) is 0 Å². The predicted octanol–water partition coefficient (Wildman–Crippen LogP) is 4.15. The van der Waals surface area contributed by atoms with Crippen LogP contribution in [0, 0.1) is 0 Å². The van der Waals surface area contributed by atoms with Gasteiger partial charge in [-0.15, -0.1) is 11.3 Å². The minimum absolute atomic E-state index is 0.795. The van der Waals surface area contributed by atoms with E-state index in [9.17, 15) is 0 Å². The topological polar surface area (TPSA) is 38.0 Å². The molecular formula is C12H12Br2N2S. The van der Waals surface area contributed by atoms with Crippen LogP contribution in [0.3, 0.4) is 0 Å². The van der Waals surface area contributed by atoms with Gasteiger partial charge in [-0.25, -0.2) is 0 Å². The first-order chi connectivity index (χ1) is 8.15. The highest BCUT2D eigenvalue weighted by molar-refractivity contribution is 9.10. The quantitative estimate of drug-likeness (QED) is 0.788. The molecule has 3 N–H and O–H groups in total. The molecule has 5 heteroatoms. The average Bonchev–Trinajstić information content (AvgIpc) is 2.69. The standard InChI is InChI=1S/C12H12Br2N2S/c13-9-4-11(17-7-9)6-16-5-8-3-10(15)1-2-12(8)14/h1-4,7,16H,5-6,15H2. The first-order valence-electron chi connectivity index (χ1n) is 5.12. The zero-order chi connectivity index (χ0) is 12.3. The SMILES string of the molecule is Nc1ccc(Br)c(CNCc2cc(Br)cs2)c1. The third-order valence-electron chi connectivity index (χ3n) is 2.31. The van der Waals surface area contributed by atoms with E-state index in [1.54, 1.807) is 11.3 Å². The Morgan fingerprint density at radius 2 is 2.00 bits per heavy atom. The Morgan fingerprint density at radius 3 is 2.71 bits per heavy atom. The highest BCUT2D eigenvalue weighted by Gasteiger charge is 2.01. The Hall–Kier alpha value is -0.360. The lowest BCUT2D eigenvalue weighted by atomic mass is 10.2. The maximum Gasteiger partial charge on any atom is 0.0318 e. The zero-order valence-electron chi connectivity index (χ0n) is 9.04. The molecule has 0 fully saturated rings. The molecule has 0 amide bonds. The number of halogens is 2. The number of nitrogens with one attached hydrogen (secondary N) is 1. The number of benzene rings is 1. The first-order valence-corrected chi connectivity index (χ1v) is 7.59. The van der Waals surface area contributed by atoms with Crippen LogP contribution in [0.25, 0.3) is 0 Å². The highest BCUT2D eigenvalue weighted by atomic mass is 79.9. The van der Waals surface area contributed by atoms with Crippen LogP contribution in [0.4, 0.5) is 5.69 Å². The van der Waals surface area contributed by atoms with E-state index >= 15 is 0 Å². The van der Waals surface area contributed by atoms with Crippen LogP contribution in [0.1, 0.15) is 10.4 Å². The number of nitrogen functional groups attached to an aromatic ring is 1. The van der Waals surface area contributed by atoms with Crippen LogP contribution in [0.15, 0.2) is 38.6 Å². The summed E-state index contributed by atoms with van der Waals surface area (Å²) >= 11 is 8.72. The van der Waals surface area contributed by atoms with Crippen molar-refractivity contribution >= 4 is 48.9 Å². The van der Waals surface area contributed by atoms with Gasteiger partial charge in [0.2, 0.25) is 0 Å². The zero-order valence-corrected chi connectivity index (χ0v) is 13.0. The van der Waals surface area contributed by atoms with Gasteiger partial charge in [0.1, 0.15) is 0 Å². The Morgan fingerprint density at radius 1 is 1.18 bits per heavy atom. The van der Waals surface area contributed by atoms with E-state index in [0.717, 1.165) is 27.7 Å². The van der Waals surface area contributed by atoms with E-state index in [1.807, 2.05) is 18.2 Å². The second-order valence-corrected chi connectivity index (χ2v) is 6.45. The molecule has 0 unspecified atom stereocenters. The summed E-state index contributed by atoms with van der Waals surface area (Å²) in [5, 5.41) is 5.49. The van der Waals surface area contributed by atoms with Gasteiger partial charge in [-0.1, -0.05) is 15.9 Å². The van der Waals surface area contributed by atoms with Gasteiger partial charge < -0.3 is 11.1 Å². The van der Waals surface area contributed by atoms with Crippen LogP contribution in [-0.4, -0.2) is 0 Å².